The summed E-state index contributed by atoms with van der Waals surface area (Å²) in [5, 5.41) is 19.2. The highest BCUT2D eigenvalue weighted by atomic mass is 35.5. The molecule has 1 fully saturated rings. The van der Waals surface area contributed by atoms with Crippen molar-refractivity contribution < 1.29 is 0 Å². The molecule has 1 aromatic heterocycles. The molecule has 5 nitrogen and oxygen atoms in total. The maximum Gasteiger partial charge on any atom is 0.177 e. The lowest BCUT2D eigenvalue weighted by molar-refractivity contribution is 0.133. The predicted molar refractivity (Wildman–Crippen MR) is 160 cm³/mol. The fourth-order valence-corrected chi connectivity index (χ4v) is 6.15. The van der Waals surface area contributed by atoms with E-state index in [4.69, 9.17) is 34.8 Å². The van der Waals surface area contributed by atoms with Crippen molar-refractivity contribution in [2.45, 2.75) is 78.8 Å². The van der Waals surface area contributed by atoms with E-state index >= 15 is 0 Å². The molecule has 1 heterocycles. The van der Waals surface area contributed by atoms with Crippen LogP contribution < -0.4 is 5.32 Å². The lowest BCUT2D eigenvalue weighted by atomic mass is 9.67. The Balaban J connectivity index is 1.76. The van der Waals surface area contributed by atoms with Crippen LogP contribution >= 0.6 is 34.8 Å². The molecule has 3 aromatic rings. The largest absolute Gasteiger partial charge is 0.373 e. The Morgan fingerprint density at radius 3 is 2.26 bits per heavy atom. The van der Waals surface area contributed by atoms with Gasteiger partial charge in [0, 0.05) is 20.8 Å². The van der Waals surface area contributed by atoms with E-state index in [1.807, 2.05) is 41.1 Å². The van der Waals surface area contributed by atoms with Crippen molar-refractivity contribution in [1.82, 2.24) is 20.2 Å². The van der Waals surface area contributed by atoms with Crippen LogP contribution in [0.15, 0.2) is 48.5 Å². The summed E-state index contributed by atoms with van der Waals surface area (Å²) in [4.78, 5) is 0. The van der Waals surface area contributed by atoms with Crippen LogP contribution in [-0.2, 0) is 5.54 Å². The molecule has 0 saturated heterocycles. The Morgan fingerprint density at radius 2 is 1.66 bits per heavy atom. The van der Waals surface area contributed by atoms with Crippen LogP contribution in [0.4, 0.5) is 5.69 Å². The van der Waals surface area contributed by atoms with Gasteiger partial charge >= 0.3 is 0 Å². The van der Waals surface area contributed by atoms with Crippen LogP contribution in [0.5, 0.6) is 0 Å². The zero-order valence-corrected chi connectivity index (χ0v) is 25.4. The Morgan fingerprint density at radius 1 is 0.974 bits per heavy atom. The zero-order valence-electron chi connectivity index (χ0n) is 23.1. The second-order valence-corrected chi connectivity index (χ2v) is 13.9. The minimum Gasteiger partial charge on any atom is -0.373 e. The third kappa shape index (κ3) is 6.55. The number of nitrogens with zero attached hydrogens (tertiary/aromatic N) is 4. The van der Waals surface area contributed by atoms with Gasteiger partial charge in [-0.1, -0.05) is 101 Å². The van der Waals surface area contributed by atoms with Gasteiger partial charge in [-0.25, -0.2) is 4.68 Å². The summed E-state index contributed by atoms with van der Waals surface area (Å²) in [7, 11) is 0. The summed E-state index contributed by atoms with van der Waals surface area (Å²) in [5.74, 6) is 1.48. The Kier molecular flexibility index (Phi) is 8.52. The van der Waals surface area contributed by atoms with Crippen molar-refractivity contribution >= 4 is 46.6 Å². The molecule has 2 aromatic carbocycles. The number of hydrogen-bond donors (Lipinski definition) is 1. The van der Waals surface area contributed by atoms with E-state index in [1.54, 1.807) is 6.07 Å². The van der Waals surface area contributed by atoms with E-state index in [2.05, 4.69) is 74.5 Å². The number of benzene rings is 2. The molecule has 1 N–H and O–H groups in total. The summed E-state index contributed by atoms with van der Waals surface area (Å²) in [6.45, 7) is 13.6. The number of anilines is 1. The first kappa shape index (κ1) is 28.9. The van der Waals surface area contributed by atoms with Gasteiger partial charge in [0.15, 0.2) is 5.82 Å². The van der Waals surface area contributed by atoms with E-state index in [0.29, 0.717) is 21.0 Å². The Labute approximate surface area is 241 Å². The molecule has 0 amide bonds. The third-order valence-electron chi connectivity index (χ3n) is 7.76. The average Bonchev–Trinajstić information content (AvgIpc) is 3.29. The van der Waals surface area contributed by atoms with Gasteiger partial charge in [0.05, 0.1) is 11.6 Å². The van der Waals surface area contributed by atoms with Crippen molar-refractivity contribution in [3.8, 4) is 0 Å². The molecule has 4 rings (SSSR count). The molecule has 0 bridgehead atoms. The molecule has 0 radical (unpaired) electrons. The number of allylic oxidation sites excluding steroid dienone is 1. The molecule has 1 atom stereocenters. The highest BCUT2D eigenvalue weighted by Gasteiger charge is 2.45. The number of rotatable bonds is 6. The van der Waals surface area contributed by atoms with Crippen molar-refractivity contribution in [2.75, 3.05) is 5.32 Å². The molecule has 1 unspecified atom stereocenters. The van der Waals surface area contributed by atoms with Crippen LogP contribution in [0.1, 0.15) is 84.7 Å². The van der Waals surface area contributed by atoms with Gasteiger partial charge in [0.25, 0.3) is 0 Å². The monoisotopic (exact) mass is 573 g/mol. The maximum absolute atomic E-state index is 6.48. The second kappa shape index (κ2) is 11.2. The SMILES string of the molecule is CC(C)(C)C1CCC(Nc2cccc(Cl)c2)(c2nnnn2C(/C=C\c2ccc(Cl)cc2Cl)C(C)(C)C)CC1. The van der Waals surface area contributed by atoms with Crippen molar-refractivity contribution in [2.24, 2.45) is 16.7 Å². The van der Waals surface area contributed by atoms with E-state index < -0.39 is 5.54 Å². The van der Waals surface area contributed by atoms with Gasteiger partial charge in [0.1, 0.15) is 0 Å². The maximum atomic E-state index is 6.48. The molecule has 8 heteroatoms. The van der Waals surface area contributed by atoms with Crippen LogP contribution in [0, 0.1) is 16.7 Å². The molecule has 1 saturated carbocycles. The number of aromatic nitrogens is 4. The van der Waals surface area contributed by atoms with Gasteiger partial charge in [-0.2, -0.15) is 0 Å². The molecule has 204 valence electrons. The van der Waals surface area contributed by atoms with E-state index in [0.717, 1.165) is 42.8 Å². The lowest BCUT2D eigenvalue weighted by Crippen LogP contribution is -2.44. The van der Waals surface area contributed by atoms with Crippen molar-refractivity contribution in [3.05, 3.63) is 75.0 Å². The van der Waals surface area contributed by atoms with Crippen molar-refractivity contribution in [1.29, 1.82) is 0 Å². The average molecular weight is 575 g/mol. The summed E-state index contributed by atoms with van der Waals surface area (Å²) < 4.78 is 2.00. The lowest BCUT2D eigenvalue weighted by Gasteiger charge is -2.45. The van der Waals surface area contributed by atoms with Crippen LogP contribution in [0.2, 0.25) is 15.1 Å². The molecule has 0 aliphatic heterocycles. The quantitative estimate of drug-likeness (QED) is 0.318. The first-order chi connectivity index (χ1) is 17.8. The second-order valence-electron chi connectivity index (χ2n) is 12.6. The fraction of sp³-hybridized carbons (Fsp3) is 0.500. The van der Waals surface area contributed by atoms with Gasteiger partial charge in [-0.05, 0) is 88.8 Å². The minimum atomic E-state index is -0.425. The predicted octanol–water partition coefficient (Wildman–Crippen LogP) is 9.48. The standard InChI is InChI=1S/C30H38Cl3N5/c1-28(2,3)21-14-16-30(17-15-21,34-24-9-7-8-22(31)18-24)27-35-36-37-38(27)26(29(4,5)6)13-11-20-10-12-23(32)19-25(20)33/h7-13,18-19,21,26,34H,14-17H2,1-6H3/b13-11-. The van der Waals surface area contributed by atoms with Gasteiger partial charge in [-0.15, -0.1) is 5.10 Å². The number of hydrogen-bond acceptors (Lipinski definition) is 4. The molecule has 0 spiro atoms. The first-order valence-corrected chi connectivity index (χ1v) is 14.4. The Bertz CT molecular complexity index is 1280. The highest BCUT2D eigenvalue weighted by molar-refractivity contribution is 6.35. The van der Waals surface area contributed by atoms with Crippen LogP contribution in [-0.4, -0.2) is 20.2 Å². The van der Waals surface area contributed by atoms with Gasteiger partial charge < -0.3 is 5.32 Å². The topological polar surface area (TPSA) is 55.6 Å². The smallest absolute Gasteiger partial charge is 0.177 e. The summed E-state index contributed by atoms with van der Waals surface area (Å²) >= 11 is 19.0. The summed E-state index contributed by atoms with van der Waals surface area (Å²) in [5.41, 5.74) is 1.53. The minimum absolute atomic E-state index is 0.113. The van der Waals surface area contributed by atoms with Gasteiger partial charge in [-0.3, -0.25) is 0 Å². The molecular weight excluding hydrogens is 537 g/mol. The number of halogens is 3. The third-order valence-corrected chi connectivity index (χ3v) is 8.56. The Hall–Kier alpha value is -2.08. The van der Waals surface area contributed by atoms with Crippen LogP contribution in [0.3, 0.4) is 0 Å². The molecule has 1 aliphatic carbocycles. The van der Waals surface area contributed by atoms with E-state index in [9.17, 15) is 0 Å². The summed E-state index contributed by atoms with van der Waals surface area (Å²) in [6, 6.07) is 13.3. The molecule has 1 aliphatic rings. The fourth-order valence-electron chi connectivity index (χ4n) is 5.49. The van der Waals surface area contributed by atoms with Gasteiger partial charge in [0.2, 0.25) is 0 Å². The molecular formula is C30H38Cl3N5. The first-order valence-electron chi connectivity index (χ1n) is 13.2. The number of tetrazole rings is 1. The molecule has 38 heavy (non-hydrogen) atoms. The van der Waals surface area contributed by atoms with E-state index in [1.165, 1.54) is 0 Å². The number of nitrogens with one attached hydrogen (secondary N) is 1. The summed E-state index contributed by atoms with van der Waals surface area (Å²) in [6.07, 6.45) is 8.19. The van der Waals surface area contributed by atoms with Crippen molar-refractivity contribution in [3.63, 3.8) is 0 Å². The van der Waals surface area contributed by atoms with Crippen LogP contribution in [0.25, 0.3) is 6.08 Å². The zero-order chi connectivity index (χ0) is 27.7. The highest BCUT2D eigenvalue weighted by Crippen LogP contribution is 2.47. The van der Waals surface area contributed by atoms with E-state index in [-0.39, 0.29) is 16.9 Å². The normalized spacial score (nSPS) is 21.6.